The predicted octanol–water partition coefficient (Wildman–Crippen LogP) is 3.99. The molecule has 0 unspecified atom stereocenters. The average Bonchev–Trinajstić information content (AvgIpc) is 2.81. The van der Waals surface area contributed by atoms with E-state index in [1.165, 1.54) is 12.1 Å². The molecule has 0 aliphatic rings. The van der Waals surface area contributed by atoms with Crippen LogP contribution in [-0.4, -0.2) is 9.61 Å². The number of anilines is 1. The molecule has 0 atom stereocenters. The first kappa shape index (κ1) is 13.1. The molecule has 0 aliphatic heterocycles. The largest absolute Gasteiger partial charge is 0.376 e. The van der Waals surface area contributed by atoms with Gasteiger partial charge in [-0.05, 0) is 24.3 Å². The van der Waals surface area contributed by atoms with Crippen molar-refractivity contribution in [2.75, 3.05) is 5.32 Å². The topological polar surface area (TPSA) is 29.3 Å². The third-order valence-electron chi connectivity index (χ3n) is 2.97. The molecule has 102 valence electrons. The van der Waals surface area contributed by atoms with Gasteiger partial charge in [-0.25, -0.2) is 13.3 Å². The zero-order valence-corrected chi connectivity index (χ0v) is 11.9. The first-order chi connectivity index (χ1) is 9.65. The van der Waals surface area contributed by atoms with Crippen molar-refractivity contribution >= 4 is 27.1 Å². The lowest BCUT2D eigenvalue weighted by Gasteiger charge is -2.08. The molecular weight excluding hydrogens is 328 g/mol. The van der Waals surface area contributed by atoms with Gasteiger partial charge in [0.25, 0.3) is 0 Å². The van der Waals surface area contributed by atoms with Gasteiger partial charge in [0.15, 0.2) is 0 Å². The molecule has 2 heterocycles. The van der Waals surface area contributed by atoms with E-state index >= 15 is 0 Å². The van der Waals surface area contributed by atoms with Gasteiger partial charge in [0.05, 0.1) is 11.7 Å². The number of nitrogens with one attached hydrogen (secondary N) is 1. The van der Waals surface area contributed by atoms with Crippen molar-refractivity contribution in [3.8, 4) is 0 Å². The number of halogens is 3. The fourth-order valence-electron chi connectivity index (χ4n) is 2.02. The monoisotopic (exact) mass is 337 g/mol. The summed E-state index contributed by atoms with van der Waals surface area (Å²) in [5.74, 6) is -1.26. The lowest BCUT2D eigenvalue weighted by atomic mass is 10.2. The minimum Gasteiger partial charge on any atom is -0.376 e. The Hall–Kier alpha value is -1.95. The third-order valence-corrected chi connectivity index (χ3v) is 3.43. The Morgan fingerprint density at radius 3 is 2.70 bits per heavy atom. The van der Waals surface area contributed by atoms with E-state index in [4.69, 9.17) is 0 Å². The normalized spacial score (nSPS) is 10.9. The zero-order chi connectivity index (χ0) is 14.1. The average molecular weight is 338 g/mol. The highest BCUT2D eigenvalue weighted by Crippen LogP contribution is 2.24. The molecule has 1 N–H and O–H groups in total. The van der Waals surface area contributed by atoms with Crippen LogP contribution in [0, 0.1) is 11.6 Å². The molecule has 0 bridgehead atoms. The molecule has 0 saturated carbocycles. The maximum atomic E-state index is 13.7. The second-order valence-corrected chi connectivity index (χ2v) is 5.21. The lowest BCUT2D eigenvalue weighted by molar-refractivity contribution is 0.586. The highest BCUT2D eigenvalue weighted by molar-refractivity contribution is 9.10. The maximum absolute atomic E-state index is 13.7. The SMILES string of the molecule is Fc1cc(Br)cc(F)c1NCc1cnn2ccccc12. The molecule has 6 heteroatoms. The Bertz CT molecular complexity index is 747. The second kappa shape index (κ2) is 5.20. The Labute approximate surface area is 122 Å². The number of pyridine rings is 1. The summed E-state index contributed by atoms with van der Waals surface area (Å²) in [5.41, 5.74) is 1.63. The minimum atomic E-state index is -0.631. The molecule has 2 aromatic heterocycles. The molecule has 0 fully saturated rings. The quantitative estimate of drug-likeness (QED) is 0.783. The highest BCUT2D eigenvalue weighted by atomic mass is 79.9. The van der Waals surface area contributed by atoms with E-state index in [-0.39, 0.29) is 5.69 Å². The van der Waals surface area contributed by atoms with E-state index in [0.29, 0.717) is 11.0 Å². The maximum Gasteiger partial charge on any atom is 0.150 e. The fraction of sp³-hybridized carbons (Fsp3) is 0.0714. The van der Waals surface area contributed by atoms with Crippen LogP contribution in [0.2, 0.25) is 0 Å². The van der Waals surface area contributed by atoms with Gasteiger partial charge in [-0.2, -0.15) is 5.10 Å². The molecule has 0 spiro atoms. The van der Waals surface area contributed by atoms with E-state index in [1.807, 2.05) is 24.4 Å². The Balaban J connectivity index is 1.87. The molecular formula is C14H10BrF2N3. The molecule has 20 heavy (non-hydrogen) atoms. The van der Waals surface area contributed by atoms with Crippen LogP contribution in [0.15, 0.2) is 47.2 Å². The lowest BCUT2D eigenvalue weighted by Crippen LogP contribution is -2.03. The third kappa shape index (κ3) is 2.38. The van der Waals surface area contributed by atoms with Crippen molar-refractivity contribution in [1.29, 1.82) is 0 Å². The van der Waals surface area contributed by atoms with Crippen LogP contribution in [0.5, 0.6) is 0 Å². The van der Waals surface area contributed by atoms with Crippen molar-refractivity contribution < 1.29 is 8.78 Å². The Kier molecular flexibility index (Phi) is 3.40. The van der Waals surface area contributed by atoms with Gasteiger partial charge in [-0.1, -0.05) is 22.0 Å². The summed E-state index contributed by atoms with van der Waals surface area (Å²) >= 11 is 3.05. The smallest absolute Gasteiger partial charge is 0.150 e. The molecule has 3 aromatic rings. The van der Waals surface area contributed by atoms with Gasteiger partial charge < -0.3 is 5.32 Å². The van der Waals surface area contributed by atoms with Gasteiger partial charge in [-0.3, -0.25) is 0 Å². The molecule has 0 saturated heterocycles. The van der Waals surface area contributed by atoms with Crippen LogP contribution < -0.4 is 5.32 Å². The van der Waals surface area contributed by atoms with Crippen molar-refractivity contribution in [3.05, 3.63) is 64.4 Å². The number of aromatic nitrogens is 2. The molecule has 3 rings (SSSR count). The summed E-state index contributed by atoms with van der Waals surface area (Å²) in [4.78, 5) is 0. The van der Waals surface area contributed by atoms with E-state index in [1.54, 1.807) is 10.7 Å². The predicted molar refractivity (Wildman–Crippen MR) is 76.6 cm³/mol. The van der Waals surface area contributed by atoms with Crippen LogP contribution >= 0.6 is 15.9 Å². The molecule has 0 amide bonds. The summed E-state index contributed by atoms with van der Waals surface area (Å²) in [7, 11) is 0. The Morgan fingerprint density at radius 1 is 1.20 bits per heavy atom. The summed E-state index contributed by atoms with van der Waals surface area (Å²) in [5, 5.41) is 6.95. The van der Waals surface area contributed by atoms with Gasteiger partial charge in [0.1, 0.15) is 17.3 Å². The van der Waals surface area contributed by atoms with Crippen molar-refractivity contribution in [2.45, 2.75) is 6.54 Å². The minimum absolute atomic E-state index is 0.136. The summed E-state index contributed by atoms with van der Waals surface area (Å²) < 4.78 is 29.5. The van der Waals surface area contributed by atoms with Crippen LogP contribution in [0.3, 0.4) is 0 Å². The van der Waals surface area contributed by atoms with Crippen LogP contribution in [-0.2, 0) is 6.54 Å². The number of hydrogen-bond acceptors (Lipinski definition) is 2. The van der Waals surface area contributed by atoms with E-state index in [9.17, 15) is 8.78 Å². The molecule has 0 radical (unpaired) electrons. The van der Waals surface area contributed by atoms with E-state index < -0.39 is 11.6 Å². The molecule has 1 aromatic carbocycles. The van der Waals surface area contributed by atoms with Crippen molar-refractivity contribution in [1.82, 2.24) is 9.61 Å². The highest BCUT2D eigenvalue weighted by Gasteiger charge is 2.11. The fourth-order valence-corrected chi connectivity index (χ4v) is 2.42. The number of rotatable bonds is 3. The molecule has 3 nitrogen and oxygen atoms in total. The van der Waals surface area contributed by atoms with Crippen molar-refractivity contribution in [3.63, 3.8) is 0 Å². The zero-order valence-electron chi connectivity index (χ0n) is 10.3. The van der Waals surface area contributed by atoms with Crippen LogP contribution in [0.1, 0.15) is 5.56 Å². The van der Waals surface area contributed by atoms with Crippen LogP contribution in [0.4, 0.5) is 14.5 Å². The van der Waals surface area contributed by atoms with E-state index in [2.05, 4.69) is 26.3 Å². The summed E-state index contributed by atoms with van der Waals surface area (Å²) in [6.45, 7) is 0.295. The van der Waals surface area contributed by atoms with Gasteiger partial charge in [0, 0.05) is 22.8 Å². The second-order valence-electron chi connectivity index (χ2n) is 4.30. The van der Waals surface area contributed by atoms with Gasteiger partial charge in [-0.15, -0.1) is 0 Å². The van der Waals surface area contributed by atoms with Gasteiger partial charge >= 0.3 is 0 Å². The number of hydrogen-bond donors (Lipinski definition) is 1. The summed E-state index contributed by atoms with van der Waals surface area (Å²) in [6, 6.07) is 8.11. The standard InChI is InChI=1S/C14H10BrF2N3/c15-10-5-11(16)14(12(17)6-10)18-7-9-8-19-20-4-2-1-3-13(9)20/h1-6,8,18H,7H2. The number of fused-ring (bicyclic) bond motifs is 1. The number of benzene rings is 1. The first-order valence-corrected chi connectivity index (χ1v) is 6.74. The van der Waals surface area contributed by atoms with E-state index in [0.717, 1.165) is 11.1 Å². The molecule has 0 aliphatic carbocycles. The number of nitrogens with zero attached hydrogens (tertiary/aromatic N) is 2. The van der Waals surface area contributed by atoms with Gasteiger partial charge in [0.2, 0.25) is 0 Å². The van der Waals surface area contributed by atoms with Crippen molar-refractivity contribution in [2.24, 2.45) is 0 Å². The van der Waals surface area contributed by atoms with Crippen LogP contribution in [0.25, 0.3) is 5.52 Å². The first-order valence-electron chi connectivity index (χ1n) is 5.95. The Morgan fingerprint density at radius 2 is 1.95 bits per heavy atom. The summed E-state index contributed by atoms with van der Waals surface area (Å²) in [6.07, 6.45) is 3.50.